The molecular formula is C13H24N3PS. The minimum Gasteiger partial charge on any atom is -0.301 e. The fourth-order valence-electron chi connectivity index (χ4n) is 2.46. The average molecular weight is 285 g/mol. The van der Waals surface area contributed by atoms with Gasteiger partial charge in [-0.3, -0.25) is 4.78 Å². The van der Waals surface area contributed by atoms with Crippen molar-refractivity contribution in [2.45, 2.75) is 57.1 Å². The molecule has 0 radical (unpaired) electrons. The SMILES string of the molecule is C=C(CCC)C1=C(SC2CCCCC2)N(P)NN1. The number of rotatable bonds is 5. The minimum absolute atomic E-state index is 0.767. The van der Waals surface area contributed by atoms with Gasteiger partial charge in [-0.05, 0) is 34.2 Å². The molecule has 1 atom stereocenters. The van der Waals surface area contributed by atoms with E-state index in [0.717, 1.165) is 18.1 Å². The van der Waals surface area contributed by atoms with Crippen molar-refractivity contribution >= 4 is 21.2 Å². The molecule has 2 aliphatic rings. The van der Waals surface area contributed by atoms with Gasteiger partial charge in [0, 0.05) is 5.25 Å². The quantitative estimate of drug-likeness (QED) is 0.753. The van der Waals surface area contributed by atoms with E-state index in [4.69, 9.17) is 0 Å². The fraction of sp³-hybridized carbons (Fsp3) is 0.692. The molecule has 0 aromatic carbocycles. The zero-order valence-electron chi connectivity index (χ0n) is 11.2. The van der Waals surface area contributed by atoms with Crippen LogP contribution in [0.5, 0.6) is 0 Å². The second kappa shape index (κ2) is 6.83. The summed E-state index contributed by atoms with van der Waals surface area (Å²) in [6.45, 7) is 6.39. The van der Waals surface area contributed by atoms with E-state index in [2.05, 4.69) is 33.9 Å². The summed E-state index contributed by atoms with van der Waals surface area (Å²) in [5.74, 6) is 0. The summed E-state index contributed by atoms with van der Waals surface area (Å²) >= 11 is 2.00. The van der Waals surface area contributed by atoms with Crippen LogP contribution >= 0.6 is 21.2 Å². The molecule has 0 saturated heterocycles. The van der Waals surface area contributed by atoms with E-state index >= 15 is 0 Å². The van der Waals surface area contributed by atoms with Gasteiger partial charge in [0.25, 0.3) is 0 Å². The van der Waals surface area contributed by atoms with Gasteiger partial charge >= 0.3 is 0 Å². The van der Waals surface area contributed by atoms with E-state index < -0.39 is 0 Å². The lowest BCUT2D eigenvalue weighted by atomic mass is 10.0. The molecule has 0 aromatic rings. The van der Waals surface area contributed by atoms with Crippen molar-refractivity contribution < 1.29 is 0 Å². The second-order valence-electron chi connectivity index (χ2n) is 5.02. The standard InChI is InChI=1S/C13H24N3PS/c1-3-7-10(2)12-13(16(17)15-14-12)18-11-8-5-4-6-9-11/h11,14-15H,2-9,17H2,1H3. The first kappa shape index (κ1) is 14.2. The Morgan fingerprint density at radius 3 is 2.83 bits per heavy atom. The molecule has 102 valence electrons. The molecule has 2 rings (SSSR count). The molecule has 1 aliphatic carbocycles. The van der Waals surface area contributed by atoms with Crippen LogP contribution in [0.15, 0.2) is 22.9 Å². The van der Waals surface area contributed by atoms with E-state index in [-0.39, 0.29) is 0 Å². The number of allylic oxidation sites excluding steroid dienone is 1. The maximum absolute atomic E-state index is 4.19. The molecule has 0 aromatic heterocycles. The van der Waals surface area contributed by atoms with Crippen LogP contribution in [0, 0.1) is 0 Å². The molecule has 1 aliphatic heterocycles. The normalized spacial score (nSPS) is 21.3. The second-order valence-corrected chi connectivity index (χ2v) is 6.82. The molecule has 1 heterocycles. The Kier molecular flexibility index (Phi) is 5.40. The third-order valence-corrected chi connectivity index (χ3v) is 5.47. The first-order chi connectivity index (χ1) is 8.72. The van der Waals surface area contributed by atoms with Crippen molar-refractivity contribution in [2.24, 2.45) is 0 Å². The third-order valence-electron chi connectivity index (χ3n) is 3.47. The summed E-state index contributed by atoms with van der Waals surface area (Å²) in [7, 11) is 2.72. The maximum Gasteiger partial charge on any atom is 0.115 e. The minimum atomic E-state index is 0.767. The number of nitrogens with one attached hydrogen (secondary N) is 2. The molecule has 1 fully saturated rings. The van der Waals surface area contributed by atoms with Crippen LogP contribution < -0.4 is 11.0 Å². The van der Waals surface area contributed by atoms with Crippen molar-refractivity contribution in [3.05, 3.63) is 22.9 Å². The zero-order chi connectivity index (χ0) is 13.0. The smallest absolute Gasteiger partial charge is 0.115 e. The third kappa shape index (κ3) is 3.43. The lowest BCUT2D eigenvalue weighted by Gasteiger charge is -2.24. The van der Waals surface area contributed by atoms with Gasteiger partial charge in [-0.25, -0.2) is 0 Å². The van der Waals surface area contributed by atoms with Crippen LogP contribution in [0.25, 0.3) is 0 Å². The van der Waals surface area contributed by atoms with E-state index in [1.165, 1.54) is 48.4 Å². The van der Waals surface area contributed by atoms with Crippen LogP contribution in [-0.4, -0.2) is 10.0 Å². The topological polar surface area (TPSA) is 27.3 Å². The Morgan fingerprint density at radius 1 is 1.44 bits per heavy atom. The summed E-state index contributed by atoms with van der Waals surface area (Å²) in [4.78, 5) is 0. The number of hydrogen-bond donors (Lipinski definition) is 2. The van der Waals surface area contributed by atoms with Crippen molar-refractivity contribution in [3.8, 4) is 0 Å². The van der Waals surface area contributed by atoms with Crippen molar-refractivity contribution in [1.29, 1.82) is 0 Å². The Bertz CT molecular complexity index is 337. The van der Waals surface area contributed by atoms with Gasteiger partial charge in [0.2, 0.25) is 0 Å². The van der Waals surface area contributed by atoms with Crippen LogP contribution in [0.1, 0.15) is 51.9 Å². The molecule has 2 N–H and O–H groups in total. The molecule has 1 saturated carbocycles. The first-order valence-electron chi connectivity index (χ1n) is 6.88. The molecule has 5 heteroatoms. The predicted octanol–water partition coefficient (Wildman–Crippen LogP) is 3.69. The highest BCUT2D eigenvalue weighted by Crippen LogP contribution is 2.39. The Balaban J connectivity index is 2.04. The molecule has 18 heavy (non-hydrogen) atoms. The lowest BCUT2D eigenvalue weighted by Crippen LogP contribution is -2.31. The predicted molar refractivity (Wildman–Crippen MR) is 83.4 cm³/mol. The molecule has 3 nitrogen and oxygen atoms in total. The number of hydrogen-bond acceptors (Lipinski definition) is 4. The Morgan fingerprint density at radius 2 is 2.17 bits per heavy atom. The molecular weight excluding hydrogens is 261 g/mol. The van der Waals surface area contributed by atoms with E-state index in [1.807, 2.05) is 16.5 Å². The van der Waals surface area contributed by atoms with Gasteiger partial charge in [0.1, 0.15) is 5.03 Å². The summed E-state index contributed by atoms with van der Waals surface area (Å²) in [6.07, 6.45) is 9.06. The van der Waals surface area contributed by atoms with Crippen LogP contribution in [0.4, 0.5) is 0 Å². The van der Waals surface area contributed by atoms with E-state index in [9.17, 15) is 0 Å². The highest BCUT2D eigenvalue weighted by Gasteiger charge is 2.25. The first-order valence-corrected chi connectivity index (χ1v) is 8.27. The van der Waals surface area contributed by atoms with Crippen LogP contribution in [0.2, 0.25) is 0 Å². The van der Waals surface area contributed by atoms with Crippen LogP contribution in [0.3, 0.4) is 0 Å². The van der Waals surface area contributed by atoms with Gasteiger partial charge in [-0.2, -0.15) is 0 Å². The van der Waals surface area contributed by atoms with Crippen molar-refractivity contribution in [1.82, 2.24) is 15.7 Å². The molecule has 0 amide bonds. The lowest BCUT2D eigenvalue weighted by molar-refractivity contribution is 0.438. The van der Waals surface area contributed by atoms with Gasteiger partial charge in [0.05, 0.1) is 5.70 Å². The largest absolute Gasteiger partial charge is 0.301 e. The summed E-state index contributed by atoms with van der Waals surface area (Å²) in [5.41, 5.74) is 8.77. The van der Waals surface area contributed by atoms with Gasteiger partial charge in [-0.15, -0.1) is 17.3 Å². The monoisotopic (exact) mass is 285 g/mol. The van der Waals surface area contributed by atoms with Crippen molar-refractivity contribution in [2.75, 3.05) is 0 Å². The Labute approximate surface area is 117 Å². The maximum atomic E-state index is 4.19. The highest BCUT2D eigenvalue weighted by atomic mass is 32.2. The fourth-order valence-corrected chi connectivity index (χ4v) is 4.20. The number of nitrogens with zero attached hydrogens (tertiary/aromatic N) is 1. The van der Waals surface area contributed by atoms with Gasteiger partial charge in [-0.1, -0.05) is 39.2 Å². The van der Waals surface area contributed by atoms with Crippen molar-refractivity contribution in [3.63, 3.8) is 0 Å². The van der Waals surface area contributed by atoms with Crippen LogP contribution in [-0.2, 0) is 0 Å². The van der Waals surface area contributed by atoms with Gasteiger partial charge < -0.3 is 5.43 Å². The molecule has 0 spiro atoms. The van der Waals surface area contributed by atoms with Gasteiger partial charge in [0.15, 0.2) is 0 Å². The molecule has 0 bridgehead atoms. The number of hydrazine groups is 2. The molecule has 1 unspecified atom stereocenters. The summed E-state index contributed by atoms with van der Waals surface area (Å²) in [6, 6.07) is 0. The highest BCUT2D eigenvalue weighted by molar-refractivity contribution is 8.03. The zero-order valence-corrected chi connectivity index (χ0v) is 13.1. The number of thioether (sulfide) groups is 1. The van der Waals surface area contributed by atoms with E-state index in [0.29, 0.717) is 0 Å². The summed E-state index contributed by atoms with van der Waals surface area (Å²) in [5, 5.41) is 2.05. The average Bonchev–Trinajstić information content (AvgIpc) is 2.73. The summed E-state index contributed by atoms with van der Waals surface area (Å²) < 4.78 is 2.01. The Hall–Kier alpha value is -0.180. The van der Waals surface area contributed by atoms with E-state index in [1.54, 1.807) is 0 Å².